The highest BCUT2D eigenvalue weighted by Gasteiger charge is 2.21. The van der Waals surface area contributed by atoms with Gasteiger partial charge in [0.15, 0.2) is 16.4 Å². The zero-order chi connectivity index (χ0) is 17.4. The highest BCUT2D eigenvalue weighted by molar-refractivity contribution is 7.71. The minimum absolute atomic E-state index is 0.401. The second kappa shape index (κ2) is 6.44. The Morgan fingerprint density at radius 3 is 2.56 bits per heavy atom. The summed E-state index contributed by atoms with van der Waals surface area (Å²) in [7, 11) is 3.90. The summed E-state index contributed by atoms with van der Waals surface area (Å²) < 4.78 is 4.91. The number of hydrogen-bond donors (Lipinski definition) is 0. The maximum Gasteiger partial charge on any atom is 0.185 e. The molecule has 0 radical (unpaired) electrons. The molecule has 2 heterocycles. The first-order chi connectivity index (χ1) is 12.1. The molecule has 1 unspecified atom stereocenters. The van der Waals surface area contributed by atoms with Gasteiger partial charge in [-0.1, -0.05) is 24.3 Å². The van der Waals surface area contributed by atoms with E-state index in [1.165, 1.54) is 11.1 Å². The number of nitrogens with zero attached hydrogens (tertiary/aromatic N) is 5. The van der Waals surface area contributed by atoms with E-state index in [2.05, 4.69) is 45.2 Å². The highest BCUT2D eigenvalue weighted by Crippen LogP contribution is 2.29. The van der Waals surface area contributed by atoms with E-state index in [1.807, 2.05) is 41.9 Å². The van der Waals surface area contributed by atoms with Gasteiger partial charge in [-0.3, -0.25) is 4.57 Å². The number of fused-ring (bicyclic) bond motifs is 1. The van der Waals surface area contributed by atoms with Crippen LogP contribution in [0.1, 0.15) is 23.6 Å². The van der Waals surface area contributed by atoms with Crippen LogP contribution in [0.3, 0.4) is 0 Å². The van der Waals surface area contributed by atoms with Crippen molar-refractivity contribution in [2.45, 2.75) is 25.3 Å². The number of aryl methyl sites for hydroxylation is 1. The third-order valence-corrected chi connectivity index (χ3v) is 5.27. The number of aromatic nitrogens is 4. The van der Waals surface area contributed by atoms with Crippen molar-refractivity contribution in [3.8, 4) is 5.82 Å². The van der Waals surface area contributed by atoms with E-state index in [1.54, 1.807) is 0 Å². The minimum Gasteiger partial charge on any atom is -0.361 e. The fourth-order valence-corrected chi connectivity index (χ4v) is 3.81. The second-order valence-electron chi connectivity index (χ2n) is 6.67. The van der Waals surface area contributed by atoms with Crippen LogP contribution in [0, 0.1) is 4.77 Å². The monoisotopic (exact) mass is 351 g/mol. The Balaban J connectivity index is 1.63. The first kappa shape index (κ1) is 16.0. The van der Waals surface area contributed by atoms with Crippen LogP contribution in [0.15, 0.2) is 48.8 Å². The second-order valence-corrected chi connectivity index (χ2v) is 7.03. The Bertz CT molecular complexity index is 939. The van der Waals surface area contributed by atoms with Crippen molar-refractivity contribution < 1.29 is 0 Å². The smallest absolute Gasteiger partial charge is 0.185 e. The number of benzene rings is 1. The predicted octanol–water partition coefficient (Wildman–Crippen LogP) is 3.59. The third kappa shape index (κ3) is 2.98. The molecule has 1 aromatic carbocycles. The molecule has 3 aromatic rings. The van der Waals surface area contributed by atoms with Gasteiger partial charge in [-0.25, -0.2) is 0 Å². The first-order valence-corrected chi connectivity index (χ1v) is 8.92. The molecular formula is C19H21N5S. The fourth-order valence-electron chi connectivity index (χ4n) is 3.44. The molecule has 25 heavy (non-hydrogen) atoms. The Morgan fingerprint density at radius 2 is 1.84 bits per heavy atom. The van der Waals surface area contributed by atoms with Crippen molar-refractivity contribution in [2.24, 2.45) is 0 Å². The number of rotatable bonds is 3. The average molecular weight is 351 g/mol. The molecular weight excluding hydrogens is 330 g/mol. The Labute approximate surface area is 152 Å². The van der Waals surface area contributed by atoms with Crippen LogP contribution in [0.5, 0.6) is 0 Å². The lowest BCUT2D eigenvalue weighted by Crippen LogP contribution is -2.18. The molecule has 1 atom stereocenters. The van der Waals surface area contributed by atoms with E-state index in [0.717, 1.165) is 35.7 Å². The lowest BCUT2D eigenvalue weighted by Gasteiger charge is -2.25. The quantitative estimate of drug-likeness (QED) is 0.676. The van der Waals surface area contributed by atoms with E-state index >= 15 is 0 Å². The van der Waals surface area contributed by atoms with Gasteiger partial charge in [0.2, 0.25) is 0 Å². The SMILES string of the molecule is CN(C)c1ccc(-n2ccn(C3CCc4ccccc4C3)c2=S)nn1. The summed E-state index contributed by atoms with van der Waals surface area (Å²) in [6.07, 6.45) is 7.30. The summed E-state index contributed by atoms with van der Waals surface area (Å²) in [6.45, 7) is 0. The van der Waals surface area contributed by atoms with Crippen LogP contribution >= 0.6 is 12.2 Å². The van der Waals surface area contributed by atoms with Gasteiger partial charge in [0, 0.05) is 32.5 Å². The third-order valence-electron chi connectivity index (χ3n) is 4.86. The molecule has 0 fully saturated rings. The minimum atomic E-state index is 0.401. The lowest BCUT2D eigenvalue weighted by molar-refractivity contribution is 0.436. The van der Waals surface area contributed by atoms with E-state index in [9.17, 15) is 0 Å². The molecule has 1 aliphatic rings. The van der Waals surface area contributed by atoms with Gasteiger partial charge >= 0.3 is 0 Å². The fraction of sp³-hybridized carbons (Fsp3) is 0.316. The predicted molar refractivity (Wildman–Crippen MR) is 102 cm³/mol. The van der Waals surface area contributed by atoms with Crippen molar-refractivity contribution in [2.75, 3.05) is 19.0 Å². The molecule has 0 saturated carbocycles. The molecule has 0 aliphatic heterocycles. The van der Waals surface area contributed by atoms with Crippen molar-refractivity contribution in [3.05, 3.63) is 64.7 Å². The Morgan fingerprint density at radius 1 is 1.04 bits per heavy atom. The van der Waals surface area contributed by atoms with Crippen LogP contribution in [-0.4, -0.2) is 33.4 Å². The van der Waals surface area contributed by atoms with E-state index < -0.39 is 0 Å². The molecule has 2 aromatic heterocycles. The van der Waals surface area contributed by atoms with Crippen LogP contribution in [0.2, 0.25) is 0 Å². The molecule has 128 valence electrons. The largest absolute Gasteiger partial charge is 0.361 e. The van der Waals surface area contributed by atoms with E-state index in [-0.39, 0.29) is 0 Å². The highest BCUT2D eigenvalue weighted by atomic mass is 32.1. The van der Waals surface area contributed by atoms with Crippen molar-refractivity contribution in [1.29, 1.82) is 0 Å². The normalized spacial score (nSPS) is 16.5. The number of anilines is 1. The van der Waals surface area contributed by atoms with Crippen LogP contribution in [0.25, 0.3) is 5.82 Å². The standard InChI is InChI=1S/C19H21N5S/c1-22(2)17-9-10-18(21-20-17)24-12-11-23(19(24)25)16-8-7-14-5-3-4-6-15(14)13-16/h3-6,9-12,16H,7-8,13H2,1-2H3. The first-order valence-electron chi connectivity index (χ1n) is 8.51. The summed E-state index contributed by atoms with van der Waals surface area (Å²) >= 11 is 5.72. The maximum atomic E-state index is 5.72. The zero-order valence-electron chi connectivity index (χ0n) is 14.5. The molecule has 0 saturated heterocycles. The molecule has 1 aliphatic carbocycles. The number of hydrogen-bond acceptors (Lipinski definition) is 4. The van der Waals surface area contributed by atoms with Gasteiger partial charge < -0.3 is 9.47 Å². The zero-order valence-corrected chi connectivity index (χ0v) is 15.3. The molecule has 0 bridgehead atoms. The summed E-state index contributed by atoms with van der Waals surface area (Å²) in [5, 5.41) is 8.56. The maximum absolute atomic E-state index is 5.72. The Hall–Kier alpha value is -2.47. The summed E-state index contributed by atoms with van der Waals surface area (Å²) in [6, 6.07) is 13.0. The summed E-state index contributed by atoms with van der Waals surface area (Å²) in [5.41, 5.74) is 2.90. The molecule has 0 spiro atoms. The summed E-state index contributed by atoms with van der Waals surface area (Å²) in [5.74, 6) is 1.59. The van der Waals surface area contributed by atoms with Crippen molar-refractivity contribution in [1.82, 2.24) is 19.3 Å². The van der Waals surface area contributed by atoms with Gasteiger partial charge in [-0.05, 0) is 54.7 Å². The van der Waals surface area contributed by atoms with Crippen LogP contribution in [-0.2, 0) is 12.8 Å². The van der Waals surface area contributed by atoms with Gasteiger partial charge in [-0.2, -0.15) is 0 Å². The molecule has 0 N–H and O–H groups in total. The van der Waals surface area contributed by atoms with Crippen LogP contribution in [0.4, 0.5) is 5.82 Å². The van der Waals surface area contributed by atoms with Crippen molar-refractivity contribution >= 4 is 18.0 Å². The van der Waals surface area contributed by atoms with Gasteiger partial charge in [-0.15, -0.1) is 10.2 Å². The molecule has 6 heteroatoms. The summed E-state index contributed by atoms with van der Waals surface area (Å²) in [4.78, 5) is 1.93. The lowest BCUT2D eigenvalue weighted by atomic mass is 9.88. The topological polar surface area (TPSA) is 38.9 Å². The molecule has 4 rings (SSSR count). The average Bonchev–Trinajstić information content (AvgIpc) is 3.03. The molecule has 0 amide bonds. The van der Waals surface area contributed by atoms with Crippen LogP contribution < -0.4 is 4.90 Å². The Kier molecular flexibility index (Phi) is 4.13. The van der Waals surface area contributed by atoms with E-state index in [0.29, 0.717) is 6.04 Å². The van der Waals surface area contributed by atoms with Gasteiger partial charge in [0.25, 0.3) is 0 Å². The van der Waals surface area contributed by atoms with Gasteiger partial charge in [0.1, 0.15) is 0 Å². The van der Waals surface area contributed by atoms with Crippen molar-refractivity contribution in [3.63, 3.8) is 0 Å². The van der Waals surface area contributed by atoms with E-state index in [4.69, 9.17) is 12.2 Å². The van der Waals surface area contributed by atoms with Gasteiger partial charge in [0.05, 0.1) is 0 Å². The molecule has 5 nitrogen and oxygen atoms in total. The number of imidazole rings is 1.